The largest absolute Gasteiger partial charge is 0.343 e. The highest BCUT2D eigenvalue weighted by atomic mass is 16.6. The summed E-state index contributed by atoms with van der Waals surface area (Å²) < 4.78 is 0. The van der Waals surface area contributed by atoms with Crippen molar-refractivity contribution in [1.82, 2.24) is 9.97 Å². The van der Waals surface area contributed by atoms with Crippen LogP contribution in [0.25, 0.3) is 0 Å². The molecule has 1 unspecified atom stereocenters. The third-order valence-corrected chi connectivity index (χ3v) is 1.23. The predicted molar refractivity (Wildman–Crippen MR) is 34.0 cm³/mol. The average Bonchev–Trinajstić information content (AvgIpc) is 2.36. The number of nitro groups is 1. The maximum atomic E-state index is 10.1. The van der Waals surface area contributed by atoms with Gasteiger partial charge in [0.2, 0.25) is 0 Å². The van der Waals surface area contributed by atoms with Gasteiger partial charge < -0.3 is 4.98 Å². The van der Waals surface area contributed by atoms with Crippen LogP contribution in [-0.4, -0.2) is 14.9 Å². The summed E-state index contributed by atoms with van der Waals surface area (Å²) in [4.78, 5) is 16.2. The van der Waals surface area contributed by atoms with Crippen molar-refractivity contribution in [2.45, 2.75) is 13.0 Å². The summed E-state index contributed by atoms with van der Waals surface area (Å²) in [5.74, 6) is 0.394. The predicted octanol–water partition coefficient (Wildman–Crippen LogP) is 0.747. The molecule has 0 aliphatic heterocycles. The fraction of sp³-hybridized carbons (Fsp3) is 0.400. The van der Waals surface area contributed by atoms with Crippen molar-refractivity contribution in [2.24, 2.45) is 0 Å². The molecule has 0 saturated carbocycles. The van der Waals surface area contributed by atoms with E-state index in [1.165, 1.54) is 13.1 Å². The van der Waals surface area contributed by atoms with Gasteiger partial charge in [0, 0.05) is 24.2 Å². The van der Waals surface area contributed by atoms with Crippen molar-refractivity contribution in [3.05, 3.63) is 28.3 Å². The zero-order valence-electron chi connectivity index (χ0n) is 5.44. The Labute approximate surface area is 57.2 Å². The van der Waals surface area contributed by atoms with E-state index in [0.717, 1.165) is 0 Å². The number of rotatable bonds is 2. The third-order valence-electron chi connectivity index (χ3n) is 1.23. The summed E-state index contributed by atoms with van der Waals surface area (Å²) in [7, 11) is 0. The molecule has 1 atom stereocenters. The summed E-state index contributed by atoms with van der Waals surface area (Å²) in [5, 5.41) is 10.1. The van der Waals surface area contributed by atoms with E-state index < -0.39 is 11.0 Å². The Morgan fingerprint density at radius 3 is 3.00 bits per heavy atom. The van der Waals surface area contributed by atoms with E-state index >= 15 is 0 Å². The third kappa shape index (κ3) is 1.12. The van der Waals surface area contributed by atoms with Gasteiger partial charge in [-0.05, 0) is 0 Å². The van der Waals surface area contributed by atoms with E-state index in [1.807, 2.05) is 0 Å². The Kier molecular flexibility index (Phi) is 1.66. The Balaban J connectivity index is 2.77. The second kappa shape index (κ2) is 2.47. The summed E-state index contributed by atoms with van der Waals surface area (Å²) in [6.07, 6.45) is 3.06. The number of nitrogens with one attached hydrogen (secondary N) is 1. The molecular formula is C5H7N3O2. The maximum absolute atomic E-state index is 10.1. The van der Waals surface area contributed by atoms with E-state index in [0.29, 0.717) is 5.82 Å². The van der Waals surface area contributed by atoms with Gasteiger partial charge in [-0.15, -0.1) is 0 Å². The van der Waals surface area contributed by atoms with Crippen LogP contribution in [0.5, 0.6) is 0 Å². The highest BCUT2D eigenvalue weighted by molar-refractivity contribution is 4.89. The van der Waals surface area contributed by atoms with Crippen LogP contribution in [0.15, 0.2) is 12.4 Å². The molecule has 0 saturated heterocycles. The van der Waals surface area contributed by atoms with Gasteiger partial charge in [-0.1, -0.05) is 0 Å². The minimum absolute atomic E-state index is 0.390. The van der Waals surface area contributed by atoms with Crippen molar-refractivity contribution in [3.8, 4) is 0 Å². The van der Waals surface area contributed by atoms with E-state index in [1.54, 1.807) is 6.20 Å². The van der Waals surface area contributed by atoms with Gasteiger partial charge in [-0.25, -0.2) is 4.98 Å². The van der Waals surface area contributed by atoms with Crippen LogP contribution >= 0.6 is 0 Å². The van der Waals surface area contributed by atoms with Gasteiger partial charge in [0.1, 0.15) is 0 Å². The van der Waals surface area contributed by atoms with Gasteiger partial charge in [0.05, 0.1) is 0 Å². The minimum atomic E-state index is -0.741. The first-order valence-electron chi connectivity index (χ1n) is 2.84. The van der Waals surface area contributed by atoms with E-state index in [-0.39, 0.29) is 0 Å². The molecule has 1 rings (SSSR count). The molecule has 0 amide bonds. The van der Waals surface area contributed by atoms with Crippen LogP contribution in [0, 0.1) is 10.1 Å². The number of aromatic nitrogens is 2. The van der Waals surface area contributed by atoms with Gasteiger partial charge >= 0.3 is 0 Å². The topological polar surface area (TPSA) is 71.8 Å². The van der Waals surface area contributed by atoms with Crippen LogP contribution in [-0.2, 0) is 0 Å². The highest BCUT2D eigenvalue weighted by Gasteiger charge is 2.17. The maximum Gasteiger partial charge on any atom is 0.266 e. The molecule has 54 valence electrons. The fourth-order valence-corrected chi connectivity index (χ4v) is 0.606. The molecule has 5 nitrogen and oxygen atoms in total. The molecule has 0 aliphatic rings. The first-order valence-corrected chi connectivity index (χ1v) is 2.84. The summed E-state index contributed by atoms with van der Waals surface area (Å²) >= 11 is 0. The Morgan fingerprint density at radius 1 is 1.90 bits per heavy atom. The second-order valence-electron chi connectivity index (χ2n) is 1.94. The number of nitrogens with zero attached hydrogens (tertiary/aromatic N) is 2. The van der Waals surface area contributed by atoms with Crippen LogP contribution < -0.4 is 0 Å². The first-order chi connectivity index (χ1) is 4.72. The Morgan fingerprint density at radius 2 is 2.60 bits per heavy atom. The average molecular weight is 141 g/mol. The van der Waals surface area contributed by atoms with E-state index in [2.05, 4.69) is 9.97 Å². The van der Waals surface area contributed by atoms with Gasteiger partial charge in [-0.3, -0.25) is 10.1 Å². The lowest BCUT2D eigenvalue weighted by atomic mass is 10.3. The molecule has 0 aliphatic carbocycles. The number of aromatic amines is 1. The summed E-state index contributed by atoms with van der Waals surface area (Å²) in [5.41, 5.74) is 0. The molecule has 0 radical (unpaired) electrons. The summed E-state index contributed by atoms with van der Waals surface area (Å²) in [6, 6.07) is -0.741. The molecule has 5 heteroatoms. The Bertz CT molecular complexity index is 219. The smallest absolute Gasteiger partial charge is 0.266 e. The Hall–Kier alpha value is -1.39. The molecular weight excluding hydrogens is 134 g/mol. The van der Waals surface area contributed by atoms with Crippen molar-refractivity contribution in [3.63, 3.8) is 0 Å². The second-order valence-corrected chi connectivity index (χ2v) is 1.94. The molecule has 1 aromatic heterocycles. The number of hydrogen-bond acceptors (Lipinski definition) is 3. The summed E-state index contributed by atoms with van der Waals surface area (Å²) in [6.45, 7) is 1.48. The SMILES string of the molecule is CC(c1ncc[nH]1)[N+](=O)[O-]. The standard InChI is InChI=1S/C5H7N3O2/c1-4(8(9)10)5-6-2-3-7-5/h2-4H,1H3,(H,6,7). The number of hydrogen-bond donors (Lipinski definition) is 1. The monoisotopic (exact) mass is 141 g/mol. The van der Waals surface area contributed by atoms with Crippen LogP contribution in [0.1, 0.15) is 18.8 Å². The fourth-order valence-electron chi connectivity index (χ4n) is 0.606. The molecule has 0 spiro atoms. The quantitative estimate of drug-likeness (QED) is 0.487. The first kappa shape index (κ1) is 6.73. The molecule has 1 heterocycles. The van der Waals surface area contributed by atoms with Gasteiger partial charge in [-0.2, -0.15) is 0 Å². The van der Waals surface area contributed by atoms with Crippen LogP contribution in [0.2, 0.25) is 0 Å². The van der Waals surface area contributed by atoms with Gasteiger partial charge in [0.15, 0.2) is 5.82 Å². The zero-order chi connectivity index (χ0) is 7.56. The molecule has 0 aromatic carbocycles. The number of imidazole rings is 1. The van der Waals surface area contributed by atoms with Gasteiger partial charge in [0.25, 0.3) is 6.04 Å². The van der Waals surface area contributed by atoms with Crippen LogP contribution in [0.4, 0.5) is 0 Å². The van der Waals surface area contributed by atoms with E-state index in [4.69, 9.17) is 0 Å². The van der Waals surface area contributed by atoms with Crippen LogP contribution in [0.3, 0.4) is 0 Å². The normalized spacial score (nSPS) is 12.9. The zero-order valence-corrected chi connectivity index (χ0v) is 5.44. The molecule has 1 aromatic rings. The molecule has 0 fully saturated rings. The highest BCUT2D eigenvalue weighted by Crippen LogP contribution is 2.08. The molecule has 0 bridgehead atoms. The van der Waals surface area contributed by atoms with Crippen molar-refractivity contribution in [2.75, 3.05) is 0 Å². The molecule has 1 N–H and O–H groups in total. The van der Waals surface area contributed by atoms with Crippen molar-refractivity contribution >= 4 is 0 Å². The van der Waals surface area contributed by atoms with Crippen molar-refractivity contribution in [1.29, 1.82) is 0 Å². The van der Waals surface area contributed by atoms with E-state index in [9.17, 15) is 10.1 Å². The lowest BCUT2D eigenvalue weighted by molar-refractivity contribution is -0.525. The lowest BCUT2D eigenvalue weighted by Gasteiger charge is -1.96. The lowest BCUT2D eigenvalue weighted by Crippen LogP contribution is -2.07. The minimum Gasteiger partial charge on any atom is -0.343 e. The van der Waals surface area contributed by atoms with Crippen molar-refractivity contribution < 1.29 is 4.92 Å². The molecule has 10 heavy (non-hydrogen) atoms. The number of H-pyrrole nitrogens is 1.